The van der Waals surface area contributed by atoms with Crippen LogP contribution in [-0.4, -0.2) is 26.2 Å². The molecule has 0 amide bonds. The minimum absolute atomic E-state index is 0.206. The van der Waals surface area contributed by atoms with E-state index >= 15 is 0 Å². The Morgan fingerprint density at radius 3 is 2.75 bits per heavy atom. The van der Waals surface area contributed by atoms with Crippen LogP contribution in [-0.2, 0) is 0 Å². The first-order valence-corrected chi connectivity index (χ1v) is 7.74. The Morgan fingerprint density at radius 1 is 1.33 bits per heavy atom. The lowest BCUT2D eigenvalue weighted by Crippen LogP contribution is -1.94. The standard InChI is InChI=1S/C16H12FN3O3S/c1-8-15(16(21)22)24-13(19-8)6-4-11-9(2)23-20-14(11)12-5-3-10(17)7-18-12/h3-7H,1-2H3,(H,21,22). The van der Waals surface area contributed by atoms with Crippen LogP contribution >= 0.6 is 11.3 Å². The topological polar surface area (TPSA) is 89.1 Å². The Bertz CT molecular complexity index is 929. The molecule has 0 aromatic carbocycles. The first-order valence-electron chi connectivity index (χ1n) is 6.92. The van der Waals surface area contributed by atoms with Crippen LogP contribution in [0.3, 0.4) is 0 Å². The van der Waals surface area contributed by atoms with Crippen molar-refractivity contribution in [2.24, 2.45) is 0 Å². The van der Waals surface area contributed by atoms with Gasteiger partial charge in [-0.25, -0.2) is 14.2 Å². The van der Waals surface area contributed by atoms with Crippen LogP contribution in [0.25, 0.3) is 23.5 Å². The molecule has 3 aromatic rings. The Balaban J connectivity index is 1.96. The van der Waals surface area contributed by atoms with Crippen molar-refractivity contribution < 1.29 is 18.8 Å². The van der Waals surface area contributed by atoms with E-state index in [2.05, 4.69) is 15.1 Å². The van der Waals surface area contributed by atoms with Gasteiger partial charge < -0.3 is 9.63 Å². The van der Waals surface area contributed by atoms with Gasteiger partial charge in [-0.2, -0.15) is 0 Å². The number of aryl methyl sites for hydroxylation is 2. The van der Waals surface area contributed by atoms with Crippen molar-refractivity contribution in [2.45, 2.75) is 13.8 Å². The Hall–Kier alpha value is -2.87. The molecule has 0 atom stereocenters. The Morgan fingerprint density at radius 2 is 2.12 bits per heavy atom. The second kappa shape index (κ2) is 6.32. The van der Waals surface area contributed by atoms with Crippen molar-refractivity contribution in [1.29, 1.82) is 0 Å². The van der Waals surface area contributed by atoms with Crippen LogP contribution in [0.5, 0.6) is 0 Å². The van der Waals surface area contributed by atoms with E-state index in [1.165, 1.54) is 12.1 Å². The van der Waals surface area contributed by atoms with Crippen molar-refractivity contribution in [3.63, 3.8) is 0 Å². The number of aromatic carboxylic acids is 1. The fraction of sp³-hybridized carbons (Fsp3) is 0.125. The van der Waals surface area contributed by atoms with Gasteiger partial charge in [0.2, 0.25) is 0 Å². The summed E-state index contributed by atoms with van der Waals surface area (Å²) in [5.41, 5.74) is 2.11. The maximum Gasteiger partial charge on any atom is 0.347 e. The van der Waals surface area contributed by atoms with Gasteiger partial charge in [0.25, 0.3) is 0 Å². The molecule has 3 rings (SSSR count). The second-order valence-electron chi connectivity index (χ2n) is 4.97. The predicted octanol–water partition coefficient (Wildman–Crippen LogP) is 3.82. The maximum atomic E-state index is 13.0. The summed E-state index contributed by atoms with van der Waals surface area (Å²) in [4.78, 5) is 19.5. The zero-order valence-electron chi connectivity index (χ0n) is 12.8. The van der Waals surface area contributed by atoms with Gasteiger partial charge in [0.1, 0.15) is 27.2 Å². The van der Waals surface area contributed by atoms with Crippen molar-refractivity contribution >= 4 is 29.5 Å². The lowest BCUT2D eigenvalue weighted by molar-refractivity contribution is 0.0701. The van der Waals surface area contributed by atoms with Gasteiger partial charge in [-0.3, -0.25) is 4.98 Å². The third kappa shape index (κ3) is 3.09. The van der Waals surface area contributed by atoms with Crippen molar-refractivity contribution in [3.8, 4) is 11.4 Å². The minimum atomic E-state index is -0.998. The summed E-state index contributed by atoms with van der Waals surface area (Å²) >= 11 is 1.09. The van der Waals surface area contributed by atoms with Crippen LogP contribution in [0.2, 0.25) is 0 Å². The molecule has 6 nitrogen and oxygen atoms in total. The highest BCUT2D eigenvalue weighted by Crippen LogP contribution is 2.27. The number of thiazole rings is 1. The first kappa shape index (κ1) is 16.0. The van der Waals surface area contributed by atoms with Crippen LogP contribution in [0.1, 0.15) is 31.7 Å². The molecule has 0 saturated heterocycles. The molecule has 24 heavy (non-hydrogen) atoms. The molecular weight excluding hydrogens is 333 g/mol. The van der Waals surface area contributed by atoms with E-state index in [9.17, 15) is 9.18 Å². The summed E-state index contributed by atoms with van der Waals surface area (Å²) in [5, 5.41) is 13.6. The summed E-state index contributed by atoms with van der Waals surface area (Å²) in [6, 6.07) is 2.81. The number of hydrogen-bond donors (Lipinski definition) is 1. The molecule has 0 spiro atoms. The van der Waals surface area contributed by atoms with E-state index in [0.29, 0.717) is 33.4 Å². The van der Waals surface area contributed by atoms with E-state index in [1.807, 2.05) is 0 Å². The molecule has 0 radical (unpaired) electrons. The largest absolute Gasteiger partial charge is 0.477 e. The molecule has 0 aliphatic carbocycles. The number of nitrogens with zero attached hydrogens (tertiary/aromatic N) is 3. The number of carboxylic acids is 1. The van der Waals surface area contributed by atoms with Gasteiger partial charge in [-0.05, 0) is 38.1 Å². The molecule has 0 aliphatic rings. The van der Waals surface area contributed by atoms with Crippen molar-refractivity contribution in [2.75, 3.05) is 0 Å². The molecule has 1 N–H and O–H groups in total. The minimum Gasteiger partial charge on any atom is -0.477 e. The van der Waals surface area contributed by atoms with Gasteiger partial charge in [0, 0.05) is 5.56 Å². The lowest BCUT2D eigenvalue weighted by atomic mass is 10.1. The van der Waals surface area contributed by atoms with Gasteiger partial charge in [-0.15, -0.1) is 11.3 Å². The van der Waals surface area contributed by atoms with Gasteiger partial charge in [0.15, 0.2) is 0 Å². The average Bonchev–Trinajstić information content (AvgIpc) is 3.09. The van der Waals surface area contributed by atoms with Crippen molar-refractivity contribution in [3.05, 3.63) is 51.0 Å². The molecule has 0 aliphatic heterocycles. The smallest absolute Gasteiger partial charge is 0.347 e. The fourth-order valence-electron chi connectivity index (χ4n) is 2.12. The van der Waals surface area contributed by atoms with Crippen molar-refractivity contribution in [1.82, 2.24) is 15.1 Å². The quantitative estimate of drug-likeness (QED) is 0.773. The number of aromatic nitrogens is 3. The average molecular weight is 345 g/mol. The number of rotatable bonds is 4. The number of pyridine rings is 1. The maximum absolute atomic E-state index is 13.0. The van der Waals surface area contributed by atoms with Gasteiger partial charge in [0.05, 0.1) is 17.6 Å². The summed E-state index contributed by atoms with van der Waals surface area (Å²) in [7, 11) is 0. The van der Waals surface area contributed by atoms with Crippen LogP contribution in [0.15, 0.2) is 22.9 Å². The normalized spacial score (nSPS) is 11.3. The van der Waals surface area contributed by atoms with Crippen LogP contribution in [0.4, 0.5) is 4.39 Å². The zero-order chi connectivity index (χ0) is 17.3. The molecule has 0 bridgehead atoms. The lowest BCUT2D eigenvalue weighted by Gasteiger charge is -1.97. The van der Waals surface area contributed by atoms with E-state index in [-0.39, 0.29) is 4.88 Å². The van der Waals surface area contributed by atoms with E-state index < -0.39 is 11.8 Å². The number of halogens is 1. The summed E-state index contributed by atoms with van der Waals surface area (Å²) in [6.45, 7) is 3.39. The number of carbonyl (C=O) groups is 1. The van der Waals surface area contributed by atoms with Crippen LogP contribution in [0, 0.1) is 19.7 Å². The fourth-order valence-corrected chi connectivity index (χ4v) is 2.93. The van der Waals surface area contributed by atoms with E-state index in [1.54, 1.807) is 26.0 Å². The van der Waals surface area contributed by atoms with E-state index in [0.717, 1.165) is 17.5 Å². The third-order valence-electron chi connectivity index (χ3n) is 3.28. The number of hydrogen-bond acceptors (Lipinski definition) is 6. The Kier molecular flexibility index (Phi) is 4.22. The molecule has 122 valence electrons. The molecule has 0 unspecified atom stereocenters. The molecule has 0 fully saturated rings. The van der Waals surface area contributed by atoms with Crippen LogP contribution < -0.4 is 0 Å². The highest BCUT2D eigenvalue weighted by molar-refractivity contribution is 7.14. The summed E-state index contributed by atoms with van der Waals surface area (Å²) in [5.74, 6) is -0.864. The Labute approximate surface area is 140 Å². The molecule has 3 aromatic heterocycles. The summed E-state index contributed by atoms with van der Waals surface area (Å²) in [6.07, 6.45) is 4.53. The zero-order valence-corrected chi connectivity index (χ0v) is 13.6. The molecule has 0 saturated carbocycles. The first-order chi connectivity index (χ1) is 11.5. The highest BCUT2D eigenvalue weighted by atomic mass is 32.1. The van der Waals surface area contributed by atoms with Gasteiger partial charge >= 0.3 is 5.97 Å². The SMILES string of the molecule is Cc1nc(C=Cc2c(-c3ccc(F)cn3)noc2C)sc1C(=O)O. The van der Waals surface area contributed by atoms with Gasteiger partial charge in [-0.1, -0.05) is 5.16 Å². The second-order valence-corrected chi connectivity index (χ2v) is 6.00. The number of carboxylic acid groups (broad SMARTS) is 1. The molecule has 8 heteroatoms. The van der Waals surface area contributed by atoms with E-state index in [4.69, 9.17) is 9.63 Å². The summed E-state index contributed by atoms with van der Waals surface area (Å²) < 4.78 is 18.2. The molecule has 3 heterocycles. The third-order valence-corrected chi connectivity index (χ3v) is 4.39. The highest BCUT2D eigenvalue weighted by Gasteiger charge is 2.15. The predicted molar refractivity (Wildman–Crippen MR) is 87.2 cm³/mol. The monoisotopic (exact) mass is 345 g/mol. The molecular formula is C16H12FN3O3S.